The van der Waals surface area contributed by atoms with Crippen molar-refractivity contribution in [1.29, 1.82) is 0 Å². The minimum atomic E-state index is -0.402. The van der Waals surface area contributed by atoms with Crippen LogP contribution in [0.2, 0.25) is 5.15 Å². The van der Waals surface area contributed by atoms with Gasteiger partial charge in [0.05, 0.1) is 11.2 Å². The van der Waals surface area contributed by atoms with E-state index in [0.29, 0.717) is 5.65 Å². The molecule has 0 aromatic carbocycles. The summed E-state index contributed by atoms with van der Waals surface area (Å²) in [6, 6.07) is 0. The molecule has 6 heteroatoms. The van der Waals surface area contributed by atoms with E-state index in [9.17, 15) is 4.79 Å². The normalized spacial score (nSPS) is 13.2. The molecule has 0 bridgehead atoms. The molecule has 5 nitrogen and oxygen atoms in total. The van der Waals surface area contributed by atoms with Crippen LogP contribution in [-0.2, 0) is 11.0 Å². The SMILES string of the molecule is Cc1c(C(C)(C)C)nc(Cl)c2nn(C(C)(C)C)c(=O)n12. The summed E-state index contributed by atoms with van der Waals surface area (Å²) in [4.78, 5) is 17.0. The highest BCUT2D eigenvalue weighted by Gasteiger charge is 2.26. The molecule has 2 aromatic heterocycles. The van der Waals surface area contributed by atoms with E-state index in [1.807, 2.05) is 48.5 Å². The largest absolute Gasteiger partial charge is 0.351 e. The van der Waals surface area contributed by atoms with Crippen molar-refractivity contribution >= 4 is 17.2 Å². The lowest BCUT2D eigenvalue weighted by molar-refractivity contribution is 0.344. The second-order valence-corrected chi connectivity index (χ2v) is 7.47. The van der Waals surface area contributed by atoms with Crippen LogP contribution >= 0.6 is 11.6 Å². The van der Waals surface area contributed by atoms with Crippen LogP contribution in [0.4, 0.5) is 0 Å². The quantitative estimate of drug-likeness (QED) is 0.751. The van der Waals surface area contributed by atoms with Crippen molar-refractivity contribution in [3.05, 3.63) is 27.0 Å². The lowest BCUT2D eigenvalue weighted by Crippen LogP contribution is -2.35. The van der Waals surface area contributed by atoms with Crippen LogP contribution in [0.3, 0.4) is 0 Å². The number of fused-ring (bicyclic) bond motifs is 1. The third kappa shape index (κ3) is 2.24. The van der Waals surface area contributed by atoms with E-state index in [4.69, 9.17) is 11.6 Å². The number of nitrogens with zero attached hydrogens (tertiary/aromatic N) is 4. The average molecular weight is 297 g/mol. The molecule has 2 rings (SSSR count). The smallest absolute Gasteiger partial charge is 0.246 e. The van der Waals surface area contributed by atoms with E-state index < -0.39 is 5.54 Å². The van der Waals surface area contributed by atoms with Crippen LogP contribution in [0, 0.1) is 6.92 Å². The predicted molar refractivity (Wildman–Crippen MR) is 80.7 cm³/mol. The van der Waals surface area contributed by atoms with E-state index in [1.165, 1.54) is 4.68 Å². The van der Waals surface area contributed by atoms with Crippen molar-refractivity contribution < 1.29 is 0 Å². The highest BCUT2D eigenvalue weighted by atomic mass is 35.5. The lowest BCUT2D eigenvalue weighted by Gasteiger charge is -2.20. The first-order valence-corrected chi connectivity index (χ1v) is 7.01. The highest BCUT2D eigenvalue weighted by molar-refractivity contribution is 6.32. The molecule has 0 amide bonds. The molecular formula is C14H21ClN4O. The zero-order valence-electron chi connectivity index (χ0n) is 13.1. The van der Waals surface area contributed by atoms with Crippen molar-refractivity contribution in [3.63, 3.8) is 0 Å². The van der Waals surface area contributed by atoms with Gasteiger partial charge in [-0.15, -0.1) is 5.10 Å². The fourth-order valence-electron chi connectivity index (χ4n) is 2.29. The Balaban J connectivity index is 2.95. The van der Waals surface area contributed by atoms with Crippen LogP contribution in [0.25, 0.3) is 5.65 Å². The third-order valence-electron chi connectivity index (χ3n) is 3.20. The number of hydrogen-bond acceptors (Lipinski definition) is 3. The number of hydrogen-bond donors (Lipinski definition) is 0. The number of rotatable bonds is 0. The molecule has 0 saturated heterocycles. The molecule has 0 aliphatic heterocycles. The van der Waals surface area contributed by atoms with E-state index >= 15 is 0 Å². The molecule has 0 spiro atoms. The fourth-order valence-corrected chi connectivity index (χ4v) is 2.49. The molecule has 0 atom stereocenters. The summed E-state index contributed by atoms with van der Waals surface area (Å²) in [5.41, 5.74) is 1.24. The number of halogens is 1. The van der Waals surface area contributed by atoms with Crippen molar-refractivity contribution in [2.24, 2.45) is 0 Å². The summed E-state index contributed by atoms with van der Waals surface area (Å²) >= 11 is 6.23. The summed E-state index contributed by atoms with van der Waals surface area (Å²) < 4.78 is 3.01. The van der Waals surface area contributed by atoms with Gasteiger partial charge in [0, 0.05) is 11.1 Å². The van der Waals surface area contributed by atoms with Gasteiger partial charge < -0.3 is 0 Å². The molecule has 2 aromatic rings. The van der Waals surface area contributed by atoms with Gasteiger partial charge in [-0.05, 0) is 27.7 Å². The first-order chi connectivity index (χ1) is 8.94. The predicted octanol–water partition coefficient (Wildman–Crippen LogP) is 2.91. The minimum Gasteiger partial charge on any atom is -0.246 e. The molecule has 110 valence electrons. The molecule has 0 aliphatic rings. The third-order valence-corrected chi connectivity index (χ3v) is 3.45. The highest BCUT2D eigenvalue weighted by Crippen LogP contribution is 2.26. The molecule has 0 saturated carbocycles. The van der Waals surface area contributed by atoms with Crippen LogP contribution in [0.5, 0.6) is 0 Å². The summed E-state index contributed by atoms with van der Waals surface area (Å²) in [6.07, 6.45) is 0. The maximum Gasteiger partial charge on any atom is 0.351 e. The molecule has 0 N–H and O–H groups in total. The van der Waals surface area contributed by atoms with Crippen LogP contribution in [-0.4, -0.2) is 19.2 Å². The Morgan fingerprint density at radius 3 is 2.10 bits per heavy atom. The first-order valence-electron chi connectivity index (χ1n) is 6.63. The van der Waals surface area contributed by atoms with Gasteiger partial charge in [-0.1, -0.05) is 32.4 Å². The maximum absolute atomic E-state index is 12.6. The van der Waals surface area contributed by atoms with Crippen LogP contribution in [0.1, 0.15) is 52.9 Å². The van der Waals surface area contributed by atoms with Gasteiger partial charge in [0.15, 0.2) is 10.8 Å². The van der Waals surface area contributed by atoms with Gasteiger partial charge >= 0.3 is 5.69 Å². The minimum absolute atomic E-state index is 0.181. The topological polar surface area (TPSA) is 52.2 Å². The van der Waals surface area contributed by atoms with Gasteiger partial charge in [0.2, 0.25) is 0 Å². The Morgan fingerprint density at radius 2 is 1.65 bits per heavy atom. The van der Waals surface area contributed by atoms with Crippen molar-refractivity contribution in [3.8, 4) is 0 Å². The van der Waals surface area contributed by atoms with Gasteiger partial charge in [-0.3, -0.25) is 0 Å². The van der Waals surface area contributed by atoms with E-state index in [1.54, 1.807) is 4.40 Å². The molecular weight excluding hydrogens is 276 g/mol. The number of aromatic nitrogens is 4. The molecule has 0 aliphatic carbocycles. The van der Waals surface area contributed by atoms with Gasteiger partial charge in [-0.25, -0.2) is 18.9 Å². The molecule has 0 radical (unpaired) electrons. The van der Waals surface area contributed by atoms with Gasteiger partial charge in [0.25, 0.3) is 0 Å². The van der Waals surface area contributed by atoms with Crippen LogP contribution < -0.4 is 5.69 Å². The Morgan fingerprint density at radius 1 is 1.10 bits per heavy atom. The summed E-state index contributed by atoms with van der Waals surface area (Å²) in [7, 11) is 0. The Bertz CT molecular complexity index is 729. The second-order valence-electron chi connectivity index (χ2n) is 7.11. The Hall–Kier alpha value is -1.36. The zero-order valence-corrected chi connectivity index (χ0v) is 13.8. The van der Waals surface area contributed by atoms with Crippen molar-refractivity contribution in [2.75, 3.05) is 0 Å². The van der Waals surface area contributed by atoms with Crippen molar-refractivity contribution in [1.82, 2.24) is 19.2 Å². The lowest BCUT2D eigenvalue weighted by atomic mass is 9.90. The van der Waals surface area contributed by atoms with Gasteiger partial charge in [0.1, 0.15) is 0 Å². The first kappa shape index (κ1) is 15.0. The average Bonchev–Trinajstić information content (AvgIpc) is 2.60. The molecule has 0 fully saturated rings. The monoisotopic (exact) mass is 296 g/mol. The summed E-state index contributed by atoms with van der Waals surface area (Å²) in [5, 5.41) is 4.60. The van der Waals surface area contributed by atoms with E-state index in [2.05, 4.69) is 10.1 Å². The molecule has 20 heavy (non-hydrogen) atoms. The van der Waals surface area contributed by atoms with E-state index in [0.717, 1.165) is 11.4 Å². The second kappa shape index (κ2) is 4.32. The number of aryl methyl sites for hydroxylation is 1. The van der Waals surface area contributed by atoms with Crippen LogP contribution in [0.15, 0.2) is 4.79 Å². The maximum atomic E-state index is 12.6. The molecule has 2 heterocycles. The fraction of sp³-hybridized carbons (Fsp3) is 0.643. The standard InChI is InChI=1S/C14H21ClN4O/c1-8-9(13(2,3)4)16-10(15)11-17-19(14(5,6)7)12(20)18(8)11/h1-7H3. The zero-order chi connectivity index (χ0) is 15.5. The summed E-state index contributed by atoms with van der Waals surface area (Å²) in [5.74, 6) is 0. The summed E-state index contributed by atoms with van der Waals surface area (Å²) in [6.45, 7) is 13.8. The molecule has 0 unspecified atom stereocenters. The van der Waals surface area contributed by atoms with Crippen molar-refractivity contribution in [2.45, 2.75) is 59.4 Å². The van der Waals surface area contributed by atoms with Gasteiger partial charge in [-0.2, -0.15) is 0 Å². The van der Waals surface area contributed by atoms with E-state index in [-0.39, 0.29) is 16.3 Å². The Kier molecular flexibility index (Phi) is 3.25. The Labute approximate surface area is 123 Å².